The Balaban J connectivity index is 4.28. The standard InChI is InChI=1S/C12H26ClP/c1-11(2,3)14(12(4,5)6)10-8-7-9-13/h7-10H2,1-6H3. The zero-order valence-electron chi connectivity index (χ0n) is 10.7. The predicted molar refractivity (Wildman–Crippen MR) is 71.2 cm³/mol. The van der Waals surface area contributed by atoms with Crippen LogP contribution in [-0.4, -0.2) is 22.4 Å². The van der Waals surface area contributed by atoms with Crippen molar-refractivity contribution in [2.75, 3.05) is 12.0 Å². The zero-order chi connectivity index (χ0) is 11.4. The smallest absolute Gasteiger partial charge is 0.0223 e. The van der Waals surface area contributed by atoms with Gasteiger partial charge in [-0.1, -0.05) is 49.5 Å². The lowest BCUT2D eigenvalue weighted by Crippen LogP contribution is -2.26. The maximum atomic E-state index is 5.72. The van der Waals surface area contributed by atoms with E-state index in [0.717, 1.165) is 5.88 Å². The van der Waals surface area contributed by atoms with Crippen LogP contribution in [0.2, 0.25) is 0 Å². The van der Waals surface area contributed by atoms with Gasteiger partial charge in [0.1, 0.15) is 0 Å². The van der Waals surface area contributed by atoms with Gasteiger partial charge in [0.25, 0.3) is 0 Å². The highest BCUT2D eigenvalue weighted by molar-refractivity contribution is 7.60. The highest BCUT2D eigenvalue weighted by atomic mass is 35.5. The van der Waals surface area contributed by atoms with Crippen molar-refractivity contribution in [3.63, 3.8) is 0 Å². The third kappa shape index (κ3) is 5.56. The average Bonchev–Trinajstić information content (AvgIpc) is 1.92. The summed E-state index contributed by atoms with van der Waals surface area (Å²) in [5.74, 6) is 0.817. The molecule has 0 unspecified atom stereocenters. The van der Waals surface area contributed by atoms with E-state index in [1.54, 1.807) is 0 Å². The zero-order valence-corrected chi connectivity index (χ0v) is 12.3. The predicted octanol–water partition coefficient (Wildman–Crippen LogP) is 5.08. The molecule has 0 saturated carbocycles. The summed E-state index contributed by atoms with van der Waals surface area (Å²) >= 11 is 5.72. The Morgan fingerprint density at radius 1 is 0.857 bits per heavy atom. The number of hydrogen-bond donors (Lipinski definition) is 0. The summed E-state index contributed by atoms with van der Waals surface area (Å²) in [6, 6.07) is 0. The van der Waals surface area contributed by atoms with Crippen molar-refractivity contribution in [3.05, 3.63) is 0 Å². The van der Waals surface area contributed by atoms with Crippen LogP contribution in [0.4, 0.5) is 0 Å². The summed E-state index contributed by atoms with van der Waals surface area (Å²) in [5, 5.41) is 0.944. The van der Waals surface area contributed by atoms with Crippen molar-refractivity contribution in [2.45, 2.75) is 64.7 Å². The Labute approximate surface area is 96.6 Å². The van der Waals surface area contributed by atoms with Crippen LogP contribution >= 0.6 is 19.5 Å². The third-order valence-electron chi connectivity index (χ3n) is 2.38. The molecule has 0 aliphatic carbocycles. The summed E-state index contributed by atoms with van der Waals surface area (Å²) in [6.07, 6.45) is 3.84. The molecule has 0 N–H and O–H groups in total. The van der Waals surface area contributed by atoms with Gasteiger partial charge in [0.05, 0.1) is 0 Å². The number of halogens is 1. The van der Waals surface area contributed by atoms with E-state index >= 15 is 0 Å². The largest absolute Gasteiger partial charge is 0.127 e. The van der Waals surface area contributed by atoms with E-state index in [9.17, 15) is 0 Å². The maximum absolute atomic E-state index is 5.72. The Bertz CT molecular complexity index is 139. The van der Waals surface area contributed by atoms with Gasteiger partial charge in [0.15, 0.2) is 0 Å². The second-order valence-electron chi connectivity index (χ2n) is 5.89. The minimum atomic E-state index is 0.0870. The van der Waals surface area contributed by atoms with Crippen LogP contribution in [0, 0.1) is 0 Å². The highest BCUT2D eigenvalue weighted by Gasteiger charge is 2.33. The number of alkyl halides is 1. The summed E-state index contributed by atoms with van der Waals surface area (Å²) in [5.41, 5.74) is 0. The lowest BCUT2D eigenvalue weighted by molar-refractivity contribution is 0.696. The van der Waals surface area contributed by atoms with Crippen molar-refractivity contribution in [1.82, 2.24) is 0 Å². The first kappa shape index (κ1) is 14.7. The Hall–Kier alpha value is 0.720. The van der Waals surface area contributed by atoms with Gasteiger partial charge < -0.3 is 0 Å². The molecule has 0 nitrogen and oxygen atoms in total. The summed E-state index contributed by atoms with van der Waals surface area (Å²) in [6.45, 7) is 14.3. The lowest BCUT2D eigenvalue weighted by Gasteiger charge is -2.41. The average molecular weight is 237 g/mol. The second-order valence-corrected chi connectivity index (χ2v) is 10.3. The second kappa shape index (κ2) is 5.71. The van der Waals surface area contributed by atoms with Crippen LogP contribution in [0.1, 0.15) is 54.4 Å². The first-order valence-electron chi connectivity index (χ1n) is 5.53. The molecule has 0 aliphatic heterocycles. The van der Waals surface area contributed by atoms with Crippen LogP contribution in [0.15, 0.2) is 0 Å². The van der Waals surface area contributed by atoms with Crippen molar-refractivity contribution in [3.8, 4) is 0 Å². The molecule has 0 atom stereocenters. The van der Waals surface area contributed by atoms with Gasteiger partial charge >= 0.3 is 0 Å². The molecule has 0 radical (unpaired) electrons. The van der Waals surface area contributed by atoms with Gasteiger partial charge in [-0.3, -0.25) is 0 Å². The Morgan fingerprint density at radius 2 is 1.29 bits per heavy atom. The molecule has 0 aromatic carbocycles. The molecule has 86 valence electrons. The Morgan fingerprint density at radius 3 is 1.57 bits per heavy atom. The Kier molecular flexibility index (Phi) is 6.00. The van der Waals surface area contributed by atoms with Crippen LogP contribution in [0.25, 0.3) is 0 Å². The van der Waals surface area contributed by atoms with E-state index in [2.05, 4.69) is 41.5 Å². The van der Waals surface area contributed by atoms with Gasteiger partial charge in [-0.05, 0) is 29.3 Å². The summed E-state index contributed by atoms with van der Waals surface area (Å²) in [7, 11) is 0.0870. The summed E-state index contributed by atoms with van der Waals surface area (Å²) < 4.78 is 0. The van der Waals surface area contributed by atoms with Gasteiger partial charge in [-0.25, -0.2) is 0 Å². The van der Waals surface area contributed by atoms with Crippen LogP contribution in [-0.2, 0) is 0 Å². The fourth-order valence-corrected chi connectivity index (χ4v) is 6.12. The molecule has 0 spiro atoms. The molecule has 0 aromatic rings. The first-order chi connectivity index (χ1) is 6.19. The molecule has 0 bridgehead atoms. The fraction of sp³-hybridized carbons (Fsp3) is 1.00. The maximum Gasteiger partial charge on any atom is 0.0223 e. The SMILES string of the molecule is CC(C)(C)P(CCCCCl)C(C)(C)C. The van der Waals surface area contributed by atoms with E-state index in [1.165, 1.54) is 19.0 Å². The van der Waals surface area contributed by atoms with E-state index < -0.39 is 0 Å². The molecule has 0 amide bonds. The van der Waals surface area contributed by atoms with E-state index in [1.807, 2.05) is 0 Å². The van der Waals surface area contributed by atoms with Crippen molar-refractivity contribution < 1.29 is 0 Å². The topological polar surface area (TPSA) is 0 Å². The van der Waals surface area contributed by atoms with E-state index in [0.29, 0.717) is 10.3 Å². The van der Waals surface area contributed by atoms with Gasteiger partial charge in [-0.15, -0.1) is 11.6 Å². The first-order valence-corrected chi connectivity index (χ1v) is 7.59. The van der Waals surface area contributed by atoms with Gasteiger partial charge in [0.2, 0.25) is 0 Å². The van der Waals surface area contributed by atoms with Gasteiger partial charge in [-0.2, -0.15) is 0 Å². The van der Waals surface area contributed by atoms with Crippen LogP contribution in [0.3, 0.4) is 0 Å². The molecular formula is C12H26ClP. The molecule has 0 aliphatic rings. The monoisotopic (exact) mass is 236 g/mol. The highest BCUT2D eigenvalue weighted by Crippen LogP contribution is 2.59. The van der Waals surface area contributed by atoms with Crippen molar-refractivity contribution in [2.24, 2.45) is 0 Å². The molecule has 0 fully saturated rings. The molecule has 0 rings (SSSR count). The molecular weight excluding hydrogens is 211 g/mol. The number of rotatable bonds is 4. The molecule has 14 heavy (non-hydrogen) atoms. The normalized spacial score (nSPS) is 13.7. The number of hydrogen-bond acceptors (Lipinski definition) is 0. The quantitative estimate of drug-likeness (QED) is 0.363. The minimum absolute atomic E-state index is 0.0870. The van der Waals surface area contributed by atoms with E-state index in [-0.39, 0.29) is 7.92 Å². The van der Waals surface area contributed by atoms with Gasteiger partial charge in [0, 0.05) is 5.88 Å². The van der Waals surface area contributed by atoms with Crippen LogP contribution < -0.4 is 0 Å². The molecule has 0 heterocycles. The number of unbranched alkanes of at least 4 members (excludes halogenated alkanes) is 1. The molecule has 0 saturated heterocycles. The fourth-order valence-electron chi connectivity index (χ4n) is 2.04. The van der Waals surface area contributed by atoms with Crippen molar-refractivity contribution >= 4 is 19.5 Å². The summed E-state index contributed by atoms with van der Waals surface area (Å²) in [4.78, 5) is 0. The molecule has 0 aromatic heterocycles. The third-order valence-corrected chi connectivity index (χ3v) is 6.65. The lowest BCUT2D eigenvalue weighted by atomic mass is 10.2. The van der Waals surface area contributed by atoms with E-state index in [4.69, 9.17) is 11.6 Å². The van der Waals surface area contributed by atoms with Crippen LogP contribution in [0.5, 0.6) is 0 Å². The minimum Gasteiger partial charge on any atom is -0.127 e. The van der Waals surface area contributed by atoms with Crippen molar-refractivity contribution in [1.29, 1.82) is 0 Å². The molecule has 2 heteroatoms.